The van der Waals surface area contributed by atoms with Crippen LogP contribution >= 0.6 is 0 Å². The highest BCUT2D eigenvalue weighted by atomic mass is 16.3. The largest absolute Gasteiger partial charge is 0.460 e. The number of nitrogens with one attached hydrogen (secondary N) is 1. The van der Waals surface area contributed by atoms with E-state index in [0.29, 0.717) is 64.0 Å². The lowest BCUT2D eigenvalue weighted by Crippen LogP contribution is -2.44. The van der Waals surface area contributed by atoms with Crippen LogP contribution in [-0.4, -0.2) is 75.2 Å². The molecule has 0 spiro atoms. The molecule has 2 N–H and O–H groups in total. The number of aliphatic hydroxyl groups excluding tert-OH is 1. The number of amides is 1. The van der Waals surface area contributed by atoms with Crippen molar-refractivity contribution in [1.29, 1.82) is 0 Å². The van der Waals surface area contributed by atoms with Crippen molar-refractivity contribution in [3.8, 4) is 11.3 Å². The van der Waals surface area contributed by atoms with Crippen LogP contribution in [0.1, 0.15) is 41.2 Å². The molecule has 46 heavy (non-hydrogen) atoms. The zero-order valence-corrected chi connectivity index (χ0v) is 26.5. The molecule has 0 bridgehead atoms. The number of pyridine rings is 3. The van der Waals surface area contributed by atoms with Crippen molar-refractivity contribution in [2.75, 3.05) is 54.9 Å². The zero-order valence-electron chi connectivity index (χ0n) is 26.5. The van der Waals surface area contributed by atoms with Crippen LogP contribution < -0.4 is 15.1 Å². The maximum Gasteiger partial charge on any atom is 0.276 e. The van der Waals surface area contributed by atoms with E-state index in [2.05, 4.69) is 57.7 Å². The zero-order chi connectivity index (χ0) is 31.6. The van der Waals surface area contributed by atoms with Crippen molar-refractivity contribution in [3.05, 3.63) is 77.6 Å². The first-order valence-corrected chi connectivity index (χ1v) is 15.9. The van der Waals surface area contributed by atoms with Gasteiger partial charge in [-0.25, -0.2) is 15.0 Å². The monoisotopic (exact) mass is 618 g/mol. The number of aromatic nitrogens is 4. The van der Waals surface area contributed by atoms with Crippen molar-refractivity contribution in [2.45, 2.75) is 39.8 Å². The molecular formula is C35H38N8O3. The maximum atomic E-state index is 13.9. The molecule has 8 rings (SSSR count). The highest BCUT2D eigenvalue weighted by molar-refractivity contribution is 6.06. The average molecular weight is 619 g/mol. The fraction of sp³-hybridized carbons (Fsp3) is 0.371. The van der Waals surface area contributed by atoms with E-state index in [0.717, 1.165) is 44.7 Å². The molecule has 3 aliphatic rings. The van der Waals surface area contributed by atoms with Gasteiger partial charge < -0.3 is 29.2 Å². The summed E-state index contributed by atoms with van der Waals surface area (Å²) in [5.74, 6) is 1.05. The molecule has 1 fully saturated rings. The smallest absolute Gasteiger partial charge is 0.276 e. The van der Waals surface area contributed by atoms with E-state index in [1.54, 1.807) is 17.4 Å². The number of likely N-dealkylation sites (N-methyl/N-ethyl adjacent to an activating group) is 1. The molecule has 0 saturated carbocycles. The normalized spacial score (nSPS) is 17.9. The van der Waals surface area contributed by atoms with Crippen molar-refractivity contribution < 1.29 is 14.3 Å². The van der Waals surface area contributed by atoms with Crippen LogP contribution in [0, 0.1) is 5.41 Å². The highest BCUT2D eigenvalue weighted by Crippen LogP contribution is 2.40. The van der Waals surface area contributed by atoms with E-state index >= 15 is 0 Å². The minimum atomic E-state index is -0.294. The van der Waals surface area contributed by atoms with Gasteiger partial charge >= 0.3 is 0 Å². The Balaban J connectivity index is 1.10. The maximum absolute atomic E-state index is 13.9. The molecule has 1 aliphatic carbocycles. The van der Waals surface area contributed by atoms with E-state index in [-0.39, 0.29) is 17.9 Å². The number of anilines is 4. The molecular weight excluding hydrogens is 580 g/mol. The minimum Gasteiger partial charge on any atom is -0.460 e. The van der Waals surface area contributed by atoms with E-state index in [1.807, 2.05) is 30.5 Å². The van der Waals surface area contributed by atoms with Gasteiger partial charge in [0.2, 0.25) is 0 Å². The third-order valence-electron chi connectivity index (χ3n) is 9.64. The molecule has 7 heterocycles. The summed E-state index contributed by atoms with van der Waals surface area (Å²) in [7, 11) is 2.15. The van der Waals surface area contributed by atoms with E-state index in [4.69, 9.17) is 14.4 Å². The molecule has 2 aliphatic heterocycles. The topological polar surface area (TPSA) is 116 Å². The summed E-state index contributed by atoms with van der Waals surface area (Å²) < 4.78 is 8.00. The summed E-state index contributed by atoms with van der Waals surface area (Å²) in [5, 5.41) is 14.1. The van der Waals surface area contributed by atoms with E-state index < -0.39 is 0 Å². The van der Waals surface area contributed by atoms with Crippen LogP contribution in [0.4, 0.5) is 23.0 Å². The highest BCUT2D eigenvalue weighted by Gasteiger charge is 2.37. The number of furan rings is 1. The Kier molecular flexibility index (Phi) is 6.84. The first kappa shape index (κ1) is 28.7. The molecule has 11 nitrogen and oxygen atoms in total. The number of fused-ring (bicyclic) bond motifs is 4. The second-order valence-electron chi connectivity index (χ2n) is 13.5. The third-order valence-corrected chi connectivity index (χ3v) is 9.64. The fourth-order valence-corrected chi connectivity index (χ4v) is 7.26. The average Bonchev–Trinajstić information content (AvgIpc) is 3.74. The summed E-state index contributed by atoms with van der Waals surface area (Å²) in [6, 6.07) is 11.7. The SMILES string of the molecule is CN1CCN(c2ccc(Nc3cc(-c4ccnc(N5CCn6c(cc7c6CC(C)(C)C7)C5=O)c4CO)nc4ccoc34)nc2)CC1. The summed E-state index contributed by atoms with van der Waals surface area (Å²) in [5.41, 5.74) is 8.42. The fourth-order valence-electron chi connectivity index (χ4n) is 7.26. The molecule has 0 unspecified atom stereocenters. The van der Waals surface area contributed by atoms with Crippen molar-refractivity contribution >= 4 is 40.0 Å². The quantitative estimate of drug-likeness (QED) is 0.275. The number of piperazine rings is 1. The number of rotatable bonds is 6. The number of hydrogen-bond donors (Lipinski definition) is 2. The van der Waals surface area contributed by atoms with Crippen LogP contribution in [0.25, 0.3) is 22.4 Å². The second kappa shape index (κ2) is 11.0. The Bertz CT molecular complexity index is 1950. The van der Waals surface area contributed by atoms with Crippen LogP contribution in [0.3, 0.4) is 0 Å². The molecule has 11 heteroatoms. The van der Waals surface area contributed by atoms with Gasteiger partial charge in [-0.1, -0.05) is 13.8 Å². The number of carbonyl (C=O) groups is 1. The van der Waals surface area contributed by atoms with Crippen LogP contribution in [-0.2, 0) is 26.0 Å². The third kappa shape index (κ3) is 4.90. The molecule has 1 amide bonds. The van der Waals surface area contributed by atoms with Gasteiger partial charge in [-0.2, -0.15) is 0 Å². The Hall–Kier alpha value is -4.74. The predicted octanol–water partition coefficient (Wildman–Crippen LogP) is 4.86. The van der Waals surface area contributed by atoms with Gasteiger partial charge in [0.05, 0.1) is 36.1 Å². The second-order valence-corrected chi connectivity index (χ2v) is 13.5. The predicted molar refractivity (Wildman–Crippen MR) is 178 cm³/mol. The van der Waals surface area contributed by atoms with Crippen LogP contribution in [0.15, 0.2) is 59.5 Å². The number of aliphatic hydroxyl groups is 1. The van der Waals surface area contributed by atoms with Crippen molar-refractivity contribution in [2.24, 2.45) is 5.41 Å². The first-order chi connectivity index (χ1) is 22.3. The minimum absolute atomic E-state index is 0.0931. The summed E-state index contributed by atoms with van der Waals surface area (Å²) in [4.78, 5) is 34.4. The van der Waals surface area contributed by atoms with Crippen molar-refractivity contribution in [3.63, 3.8) is 0 Å². The van der Waals surface area contributed by atoms with Gasteiger partial charge in [-0.3, -0.25) is 9.69 Å². The van der Waals surface area contributed by atoms with Crippen LogP contribution in [0.2, 0.25) is 0 Å². The van der Waals surface area contributed by atoms with E-state index in [1.165, 1.54) is 11.3 Å². The molecule has 0 radical (unpaired) electrons. The number of nitrogens with zero attached hydrogens (tertiary/aromatic N) is 7. The van der Waals surface area contributed by atoms with Gasteiger partial charge in [0.15, 0.2) is 5.58 Å². The van der Waals surface area contributed by atoms with E-state index in [9.17, 15) is 9.90 Å². The molecule has 0 atom stereocenters. The number of carbonyl (C=O) groups excluding carboxylic acids is 1. The Morgan fingerprint density at radius 1 is 1.00 bits per heavy atom. The van der Waals surface area contributed by atoms with Gasteiger partial charge in [-0.05, 0) is 61.2 Å². The molecule has 5 aromatic heterocycles. The Morgan fingerprint density at radius 3 is 2.63 bits per heavy atom. The van der Waals surface area contributed by atoms with Gasteiger partial charge in [-0.15, -0.1) is 0 Å². The van der Waals surface area contributed by atoms with Gasteiger partial charge in [0, 0.05) is 68.4 Å². The van der Waals surface area contributed by atoms with Gasteiger partial charge in [0.1, 0.15) is 22.8 Å². The Morgan fingerprint density at radius 2 is 1.85 bits per heavy atom. The lowest BCUT2D eigenvalue weighted by atomic mass is 9.90. The number of hydrogen-bond acceptors (Lipinski definition) is 9. The standard InChI is InChI=1S/C35H38N8O3/c1-35(2)18-22-16-29-34(45)43(14-13-42(29)30(22)19-35)33-25(21-44)24(6-8-36-33)27-17-28(32-26(38-27)7-15-46-32)39-31-5-4-23(20-37-31)41-11-9-40(3)10-12-41/h4-8,15-17,20,44H,9-14,18-19,21H2,1-3H3,(H,37,38,39). The van der Waals surface area contributed by atoms with Crippen LogP contribution in [0.5, 0.6) is 0 Å². The molecule has 1 saturated heterocycles. The summed E-state index contributed by atoms with van der Waals surface area (Å²) in [6.07, 6.45) is 7.14. The molecule has 236 valence electrons. The lowest BCUT2D eigenvalue weighted by Gasteiger charge is -2.33. The molecule has 5 aromatic rings. The lowest BCUT2D eigenvalue weighted by molar-refractivity contribution is 0.0962. The van der Waals surface area contributed by atoms with Crippen molar-refractivity contribution in [1.82, 2.24) is 24.4 Å². The van der Waals surface area contributed by atoms with Gasteiger partial charge in [0.25, 0.3) is 5.91 Å². The first-order valence-electron chi connectivity index (χ1n) is 15.9. The Labute approximate surface area is 267 Å². The summed E-state index contributed by atoms with van der Waals surface area (Å²) >= 11 is 0. The summed E-state index contributed by atoms with van der Waals surface area (Å²) in [6.45, 7) is 9.44. The molecule has 0 aromatic carbocycles.